The molecule has 33 rings (SSSR count). The predicted octanol–water partition coefficient (Wildman–Crippen LogP) is 40.9. The second-order valence-electron chi connectivity index (χ2n) is 39.9. The molecule has 6 heterocycles. The molecule has 0 saturated carbocycles. The molecule has 0 aliphatic carbocycles. The molecule has 0 saturated heterocycles. The van der Waals surface area contributed by atoms with Gasteiger partial charge in [0.1, 0.15) is 16.7 Å². The zero-order valence-electron chi connectivity index (χ0n) is 81.3. The molecule has 0 spiro atoms. The zero-order valence-corrected chi connectivity index (χ0v) is 82.1. The summed E-state index contributed by atoms with van der Waals surface area (Å²) in [5.74, 6) is 0. The Morgan fingerprint density at radius 2 is 0.380 bits per heavy atom. The van der Waals surface area contributed by atoms with E-state index in [1.165, 1.54) is 244 Å². The third-order valence-electron chi connectivity index (χ3n) is 31.7. The molecule has 150 heavy (non-hydrogen) atoms. The van der Waals surface area contributed by atoms with Gasteiger partial charge in [-0.15, -0.1) is 11.3 Å². The topological polar surface area (TPSA) is 41.1 Å². The molecule has 0 aliphatic heterocycles. The van der Waals surface area contributed by atoms with Crippen LogP contribution in [0.1, 0.15) is 0 Å². The van der Waals surface area contributed by atoms with Crippen LogP contribution in [0.3, 0.4) is 0 Å². The SMILES string of the molecule is c1cc(-c2ccc3c4ccccc4c4ccccc4c3c2)cc(-c2ccc3c(c2)c2ccccc2n3-c2ccc3oc4ccccc4c3c2)c1.c1cc(-c2ccc3c4ccccc4c4ccccc4c3c2)cc(-c2ccc3c(c2)c2ccccc2n3-c2ccc3sc4ccccc4c3c2)c1.c1cc(-c2ccc3c4ccccc4c4ccccc4c3c2)cc(-c2ccc3c(c2)c2ccccc2n3-c2cccc3c2oc2ccccc23)c1. The van der Waals surface area contributed by atoms with E-state index >= 15 is 0 Å². The smallest absolute Gasteiger partial charge is 0.159 e. The van der Waals surface area contributed by atoms with Crippen LogP contribution in [0.25, 0.3) is 310 Å². The first-order chi connectivity index (χ1) is 74.4. The van der Waals surface area contributed by atoms with E-state index in [1.54, 1.807) is 0 Å². The van der Waals surface area contributed by atoms with E-state index in [1.807, 2.05) is 35.6 Å². The molecule has 27 aromatic carbocycles. The van der Waals surface area contributed by atoms with Crippen molar-refractivity contribution < 1.29 is 8.83 Å². The lowest BCUT2D eigenvalue weighted by Crippen LogP contribution is -1.94. The molecular formula is C144H87N3O2S. The van der Waals surface area contributed by atoms with Gasteiger partial charge in [0.15, 0.2) is 5.58 Å². The van der Waals surface area contributed by atoms with Crippen LogP contribution in [0.4, 0.5) is 0 Å². The van der Waals surface area contributed by atoms with E-state index in [-0.39, 0.29) is 0 Å². The van der Waals surface area contributed by atoms with E-state index in [9.17, 15) is 0 Å². The summed E-state index contributed by atoms with van der Waals surface area (Å²) in [6, 6.07) is 193. The number of fused-ring (bicyclic) bond motifs is 36. The van der Waals surface area contributed by atoms with Crippen LogP contribution in [0.5, 0.6) is 0 Å². The quantitative estimate of drug-likeness (QED) is 0.135. The summed E-state index contributed by atoms with van der Waals surface area (Å²) in [7, 11) is 0. The van der Waals surface area contributed by atoms with Gasteiger partial charge >= 0.3 is 0 Å². The maximum atomic E-state index is 6.50. The Morgan fingerprint density at radius 3 is 0.780 bits per heavy atom. The second kappa shape index (κ2) is 34.1. The van der Waals surface area contributed by atoms with Crippen LogP contribution < -0.4 is 0 Å². The largest absolute Gasteiger partial charge is 0.456 e. The third-order valence-corrected chi connectivity index (χ3v) is 32.9. The average Bonchev–Trinajstić information content (AvgIpc) is 1.51. The van der Waals surface area contributed by atoms with E-state index in [2.05, 4.69) is 517 Å². The molecule has 6 heteroatoms. The molecule has 0 N–H and O–H groups in total. The highest BCUT2D eigenvalue weighted by molar-refractivity contribution is 7.25. The predicted molar refractivity (Wildman–Crippen MR) is 640 cm³/mol. The van der Waals surface area contributed by atoms with E-state index in [4.69, 9.17) is 8.83 Å². The summed E-state index contributed by atoms with van der Waals surface area (Å²) in [6.45, 7) is 0. The number of rotatable bonds is 9. The normalized spacial score (nSPS) is 12.0. The number of hydrogen-bond acceptors (Lipinski definition) is 3. The molecule has 6 aromatic heterocycles. The van der Waals surface area contributed by atoms with E-state index < -0.39 is 0 Å². The number of thiophene rings is 1. The van der Waals surface area contributed by atoms with Crippen molar-refractivity contribution in [3.63, 3.8) is 0 Å². The fraction of sp³-hybridized carbons (Fsp3) is 0. The van der Waals surface area contributed by atoms with Gasteiger partial charge in [0.05, 0.1) is 38.8 Å². The van der Waals surface area contributed by atoms with Gasteiger partial charge in [0, 0.05) is 85.4 Å². The van der Waals surface area contributed by atoms with Crippen molar-refractivity contribution in [2.24, 2.45) is 0 Å². The molecule has 0 fully saturated rings. The van der Waals surface area contributed by atoms with Crippen molar-refractivity contribution >= 4 is 238 Å². The first-order valence-electron chi connectivity index (χ1n) is 51.5. The lowest BCUT2D eigenvalue weighted by Gasteiger charge is -2.13. The number of furan rings is 2. The molecule has 0 unspecified atom stereocenters. The zero-order chi connectivity index (χ0) is 98.3. The summed E-state index contributed by atoms with van der Waals surface area (Å²) in [4.78, 5) is 0. The second-order valence-corrected chi connectivity index (χ2v) is 40.9. The van der Waals surface area contributed by atoms with Crippen LogP contribution in [0.15, 0.2) is 537 Å². The minimum atomic E-state index is 0.907. The van der Waals surface area contributed by atoms with Crippen LogP contribution in [0.2, 0.25) is 0 Å². The maximum Gasteiger partial charge on any atom is 0.159 e. The summed E-state index contributed by atoms with van der Waals surface area (Å²) in [5, 5.41) is 38.0. The number of nitrogens with zero attached hydrogens (tertiary/aromatic N) is 3. The maximum absolute atomic E-state index is 6.50. The Labute approximate surface area is 865 Å². The minimum Gasteiger partial charge on any atom is -0.456 e. The van der Waals surface area contributed by atoms with Crippen LogP contribution in [-0.4, -0.2) is 13.7 Å². The first kappa shape index (κ1) is 85.0. The van der Waals surface area contributed by atoms with Gasteiger partial charge < -0.3 is 22.5 Å². The number of benzene rings is 27. The minimum absolute atomic E-state index is 0.907. The fourth-order valence-electron chi connectivity index (χ4n) is 24.8. The molecule has 0 bridgehead atoms. The molecule has 696 valence electrons. The summed E-state index contributed by atoms with van der Waals surface area (Å²) in [6.07, 6.45) is 0. The van der Waals surface area contributed by atoms with Gasteiger partial charge in [0.25, 0.3) is 0 Å². The van der Waals surface area contributed by atoms with Gasteiger partial charge in [-0.25, -0.2) is 0 Å². The summed E-state index contributed by atoms with van der Waals surface area (Å²) >= 11 is 1.87. The molecule has 0 aliphatic rings. The van der Waals surface area contributed by atoms with Crippen molar-refractivity contribution in [1.82, 2.24) is 13.7 Å². The average molecular weight is 1920 g/mol. The van der Waals surface area contributed by atoms with Crippen LogP contribution >= 0.6 is 11.3 Å². The van der Waals surface area contributed by atoms with Crippen molar-refractivity contribution in [1.29, 1.82) is 0 Å². The molecule has 0 atom stereocenters. The lowest BCUT2D eigenvalue weighted by molar-refractivity contribution is 0.666. The van der Waals surface area contributed by atoms with E-state index in [0.29, 0.717) is 0 Å². The Morgan fingerprint density at radius 1 is 0.127 bits per heavy atom. The Hall–Kier alpha value is -19.5. The number of para-hydroxylation sites is 6. The highest BCUT2D eigenvalue weighted by Crippen LogP contribution is 2.49. The number of hydrogen-bond donors (Lipinski definition) is 0. The highest BCUT2D eigenvalue weighted by Gasteiger charge is 2.25. The number of aromatic nitrogens is 3. The first-order valence-corrected chi connectivity index (χ1v) is 52.3. The molecule has 5 nitrogen and oxygen atoms in total. The van der Waals surface area contributed by atoms with E-state index in [0.717, 1.165) is 66.3 Å². The van der Waals surface area contributed by atoms with Gasteiger partial charge in [0.2, 0.25) is 0 Å². The lowest BCUT2D eigenvalue weighted by atomic mass is 9.91. The highest BCUT2D eigenvalue weighted by atomic mass is 32.1. The standard InChI is InChI=1S/2C48H29NO.C48H29NS/c1-2-15-36-34(13-1)35-14-3-4-16-37(35)42-28-32(23-25-38(36)42)30-11-9-12-31(27-30)33-24-26-45-43(29-33)39-17-5-7-20-44(39)49(45)46-21-10-19-41-40-18-6-8-22-47(40)50-48(41)46;2*1-2-14-37-35(12-1)36-13-3-4-15-38(36)42-27-32(20-23-39(37)42)30-10-9-11-31(26-30)33-21-24-46-43(28-33)40-16-5-7-18-45(40)49(46)34-22-25-48-44(29-34)41-17-6-8-19-47(41)50-48/h3*1-29H. The van der Waals surface area contributed by atoms with Crippen molar-refractivity contribution in [2.75, 3.05) is 0 Å². The van der Waals surface area contributed by atoms with Crippen molar-refractivity contribution in [3.05, 3.63) is 528 Å². The fourth-order valence-corrected chi connectivity index (χ4v) is 25.9. The Bertz CT molecular complexity index is 11000. The van der Waals surface area contributed by atoms with Gasteiger partial charge in [-0.2, -0.15) is 0 Å². The Kier molecular flexibility index (Phi) is 19.3. The molecule has 0 amide bonds. The van der Waals surface area contributed by atoms with Gasteiger partial charge in [-0.1, -0.05) is 376 Å². The molecule has 33 aromatic rings. The van der Waals surface area contributed by atoms with Gasteiger partial charge in [-0.05, 0) is 315 Å². The summed E-state index contributed by atoms with van der Waals surface area (Å²) in [5.41, 5.74) is 28.7. The summed E-state index contributed by atoms with van der Waals surface area (Å²) < 4.78 is 22.5. The van der Waals surface area contributed by atoms with Crippen LogP contribution in [0, 0.1) is 0 Å². The molecular weight excluding hydrogens is 1840 g/mol. The Balaban J connectivity index is 0.000000101. The third kappa shape index (κ3) is 13.6. The van der Waals surface area contributed by atoms with Crippen molar-refractivity contribution in [3.8, 4) is 83.8 Å². The van der Waals surface area contributed by atoms with Crippen molar-refractivity contribution in [2.45, 2.75) is 0 Å². The monoisotopic (exact) mass is 1920 g/mol. The van der Waals surface area contributed by atoms with Crippen LogP contribution in [-0.2, 0) is 0 Å². The molecule has 0 radical (unpaired) electrons. The van der Waals surface area contributed by atoms with Gasteiger partial charge in [-0.3, -0.25) is 0 Å².